The molecule has 0 aromatic carbocycles. The maximum absolute atomic E-state index is 12.5. The summed E-state index contributed by atoms with van der Waals surface area (Å²) in [5, 5.41) is 0. The number of hydrogen-bond acceptors (Lipinski definition) is 7. The van der Waals surface area contributed by atoms with E-state index < -0.39 is 32.5 Å². The van der Waals surface area contributed by atoms with Gasteiger partial charge < -0.3 is 18.9 Å². The van der Waals surface area contributed by atoms with Crippen molar-refractivity contribution < 1.29 is 42.1 Å². The fourth-order valence-electron chi connectivity index (χ4n) is 4.14. The van der Waals surface area contributed by atoms with E-state index >= 15 is 0 Å². The summed E-state index contributed by atoms with van der Waals surface area (Å²) < 4.78 is 33.9. The second-order valence-electron chi connectivity index (χ2n) is 12.5. The van der Waals surface area contributed by atoms with Gasteiger partial charge in [0.2, 0.25) is 0 Å². The second kappa shape index (κ2) is 29.1. The van der Waals surface area contributed by atoms with Crippen LogP contribution in [-0.2, 0) is 32.7 Å². The molecule has 0 spiro atoms. The lowest BCUT2D eigenvalue weighted by molar-refractivity contribution is -0.870. The number of allylic oxidation sites excluding steroid dienone is 8. The molecule has 0 fully saturated rings. The number of phosphoric acid groups is 1. The first-order chi connectivity index (χ1) is 22.0. The average Bonchev–Trinajstić information content (AvgIpc) is 2.99. The molecule has 0 saturated heterocycles. The van der Waals surface area contributed by atoms with Gasteiger partial charge in [-0.1, -0.05) is 114 Å². The van der Waals surface area contributed by atoms with Crippen LogP contribution in [0.4, 0.5) is 0 Å². The minimum absolute atomic E-state index is 0.0182. The van der Waals surface area contributed by atoms with E-state index in [0.29, 0.717) is 17.4 Å². The molecular formula is C36H65NO8P+. The molecule has 0 aliphatic carbocycles. The SMILES string of the molecule is CC/C=C\C/C=C\C/C=C\C/C=C\CCC(=O)OC(COC(=O)CCCCCCCCCCC)COP(=O)(O)OCC[N+](C)(C)C. The summed E-state index contributed by atoms with van der Waals surface area (Å²) in [6, 6.07) is 0. The fourth-order valence-corrected chi connectivity index (χ4v) is 4.88. The molecule has 1 N–H and O–H groups in total. The van der Waals surface area contributed by atoms with Gasteiger partial charge in [-0.2, -0.15) is 0 Å². The van der Waals surface area contributed by atoms with Crippen molar-refractivity contribution in [2.24, 2.45) is 0 Å². The number of carbonyl (C=O) groups excluding carboxylic acids is 2. The summed E-state index contributed by atoms with van der Waals surface area (Å²) in [6.07, 6.45) is 30.5. The Morgan fingerprint density at radius 3 is 1.80 bits per heavy atom. The molecule has 2 atom stereocenters. The Morgan fingerprint density at radius 2 is 1.24 bits per heavy atom. The van der Waals surface area contributed by atoms with Gasteiger partial charge in [0, 0.05) is 12.8 Å². The molecular weight excluding hydrogens is 605 g/mol. The van der Waals surface area contributed by atoms with E-state index in [1.54, 1.807) is 0 Å². The first-order valence-electron chi connectivity index (χ1n) is 17.4. The van der Waals surface area contributed by atoms with Gasteiger partial charge in [-0.3, -0.25) is 18.6 Å². The summed E-state index contributed by atoms with van der Waals surface area (Å²) in [4.78, 5) is 34.9. The van der Waals surface area contributed by atoms with E-state index in [2.05, 4.69) is 50.3 Å². The normalized spacial score (nSPS) is 14.5. The van der Waals surface area contributed by atoms with Crippen LogP contribution in [0.2, 0.25) is 0 Å². The van der Waals surface area contributed by atoms with Gasteiger partial charge in [0.05, 0.1) is 27.7 Å². The Morgan fingerprint density at radius 1 is 0.696 bits per heavy atom. The van der Waals surface area contributed by atoms with Crippen molar-refractivity contribution in [2.75, 3.05) is 47.5 Å². The molecule has 0 radical (unpaired) electrons. The van der Waals surface area contributed by atoms with Crippen molar-refractivity contribution in [1.29, 1.82) is 0 Å². The lowest BCUT2D eigenvalue weighted by Gasteiger charge is -2.24. The van der Waals surface area contributed by atoms with Gasteiger partial charge >= 0.3 is 19.8 Å². The van der Waals surface area contributed by atoms with Crippen LogP contribution in [0.1, 0.15) is 117 Å². The molecule has 0 saturated carbocycles. The smallest absolute Gasteiger partial charge is 0.462 e. The summed E-state index contributed by atoms with van der Waals surface area (Å²) in [7, 11) is 1.42. The van der Waals surface area contributed by atoms with Crippen molar-refractivity contribution in [3.8, 4) is 0 Å². The zero-order chi connectivity index (χ0) is 34.4. The van der Waals surface area contributed by atoms with Crippen LogP contribution in [0.25, 0.3) is 0 Å². The Labute approximate surface area is 280 Å². The maximum Gasteiger partial charge on any atom is 0.472 e. The van der Waals surface area contributed by atoms with Crippen LogP contribution < -0.4 is 0 Å². The second-order valence-corrected chi connectivity index (χ2v) is 14.0. The third kappa shape index (κ3) is 31.9. The number of unbranched alkanes of at least 4 members (excludes halogenated alkanes) is 8. The molecule has 46 heavy (non-hydrogen) atoms. The first kappa shape index (κ1) is 44.0. The van der Waals surface area contributed by atoms with Crippen LogP contribution in [0, 0.1) is 0 Å². The highest BCUT2D eigenvalue weighted by atomic mass is 31.2. The summed E-state index contributed by atoms with van der Waals surface area (Å²) in [5.41, 5.74) is 0. The molecule has 0 aromatic heterocycles. The lowest BCUT2D eigenvalue weighted by atomic mass is 10.1. The number of phosphoric ester groups is 1. The quantitative estimate of drug-likeness (QED) is 0.0266. The van der Waals surface area contributed by atoms with E-state index in [-0.39, 0.29) is 26.1 Å². The minimum atomic E-state index is -4.38. The zero-order valence-corrected chi connectivity index (χ0v) is 30.4. The maximum atomic E-state index is 12.5. The van der Waals surface area contributed by atoms with Crippen LogP contribution in [-0.4, -0.2) is 74.9 Å². The van der Waals surface area contributed by atoms with Crippen molar-refractivity contribution in [3.05, 3.63) is 48.6 Å². The molecule has 9 nitrogen and oxygen atoms in total. The number of hydrogen-bond donors (Lipinski definition) is 1. The molecule has 0 aliphatic rings. The number of quaternary nitrogens is 1. The third-order valence-corrected chi connectivity index (χ3v) is 7.87. The van der Waals surface area contributed by atoms with Gasteiger partial charge in [0.15, 0.2) is 6.10 Å². The molecule has 0 aliphatic heterocycles. The number of ether oxygens (including phenoxy) is 2. The first-order valence-corrected chi connectivity index (χ1v) is 18.9. The van der Waals surface area contributed by atoms with Gasteiger partial charge in [-0.05, 0) is 38.5 Å². The fraction of sp³-hybridized carbons (Fsp3) is 0.722. The van der Waals surface area contributed by atoms with Crippen LogP contribution in [0.15, 0.2) is 48.6 Å². The summed E-state index contributed by atoms with van der Waals surface area (Å²) in [6.45, 7) is 4.16. The van der Waals surface area contributed by atoms with Crippen LogP contribution >= 0.6 is 7.82 Å². The Bertz CT molecular complexity index is 939. The number of rotatable bonds is 30. The molecule has 0 amide bonds. The van der Waals surface area contributed by atoms with E-state index in [9.17, 15) is 19.0 Å². The van der Waals surface area contributed by atoms with Gasteiger partial charge in [0.1, 0.15) is 19.8 Å². The van der Waals surface area contributed by atoms with Gasteiger partial charge in [-0.25, -0.2) is 4.57 Å². The molecule has 0 bridgehead atoms. The van der Waals surface area contributed by atoms with Crippen molar-refractivity contribution in [3.63, 3.8) is 0 Å². The number of carbonyl (C=O) groups is 2. The van der Waals surface area contributed by atoms with E-state index in [4.69, 9.17) is 18.5 Å². The van der Waals surface area contributed by atoms with Crippen molar-refractivity contribution in [2.45, 2.75) is 123 Å². The van der Waals surface area contributed by atoms with Gasteiger partial charge in [-0.15, -0.1) is 0 Å². The van der Waals surface area contributed by atoms with Crippen molar-refractivity contribution in [1.82, 2.24) is 0 Å². The topological polar surface area (TPSA) is 108 Å². The zero-order valence-electron chi connectivity index (χ0n) is 29.5. The molecule has 0 heterocycles. The number of esters is 2. The molecule has 2 unspecified atom stereocenters. The Kier molecular flexibility index (Phi) is 27.8. The summed E-state index contributed by atoms with van der Waals surface area (Å²) in [5.74, 6) is -0.903. The minimum Gasteiger partial charge on any atom is -0.462 e. The number of likely N-dealkylation sites (N-methyl/N-ethyl adjacent to an activating group) is 1. The molecule has 10 heteroatoms. The van der Waals surface area contributed by atoms with Crippen molar-refractivity contribution >= 4 is 19.8 Å². The molecule has 0 rings (SSSR count). The van der Waals surface area contributed by atoms with Crippen LogP contribution in [0.3, 0.4) is 0 Å². The van der Waals surface area contributed by atoms with E-state index in [1.807, 2.05) is 33.3 Å². The average molecular weight is 671 g/mol. The van der Waals surface area contributed by atoms with Crippen LogP contribution in [0.5, 0.6) is 0 Å². The summed E-state index contributed by atoms with van der Waals surface area (Å²) >= 11 is 0. The Hall–Kier alpha value is -2.03. The molecule has 266 valence electrons. The Balaban J connectivity index is 4.63. The predicted octanol–water partition coefficient (Wildman–Crippen LogP) is 8.79. The monoisotopic (exact) mass is 670 g/mol. The standard InChI is InChI=1S/C36H64NO8P/c1-6-8-10-12-14-16-17-18-19-21-23-25-27-29-36(39)45-34(33-44-46(40,41)43-31-30-37(3,4)5)32-42-35(38)28-26-24-22-20-15-13-11-9-7-2/h8,10,14,16,18-19,23,25,34H,6-7,9,11-13,15,17,20-22,24,26-33H2,1-5H3/p+1/b10-8-,16-14-,19-18-,25-23-. The highest BCUT2D eigenvalue weighted by Crippen LogP contribution is 2.43. The molecule has 0 aromatic rings. The lowest BCUT2D eigenvalue weighted by Crippen LogP contribution is -2.37. The largest absolute Gasteiger partial charge is 0.472 e. The third-order valence-electron chi connectivity index (χ3n) is 6.89. The predicted molar refractivity (Wildman–Crippen MR) is 187 cm³/mol. The highest BCUT2D eigenvalue weighted by molar-refractivity contribution is 7.47. The number of nitrogens with zero attached hydrogens (tertiary/aromatic N) is 1. The van der Waals surface area contributed by atoms with Gasteiger partial charge in [0.25, 0.3) is 0 Å². The van der Waals surface area contributed by atoms with E-state index in [0.717, 1.165) is 44.9 Å². The van der Waals surface area contributed by atoms with E-state index in [1.165, 1.54) is 38.5 Å². The highest BCUT2D eigenvalue weighted by Gasteiger charge is 2.27.